The first kappa shape index (κ1) is 10.2. The van der Waals surface area contributed by atoms with Crippen LogP contribution in [0, 0.1) is 11.8 Å². The Morgan fingerprint density at radius 1 is 1.54 bits per heavy atom. The number of carboxylic acid groups (broad SMARTS) is 1. The fourth-order valence-corrected chi connectivity index (χ4v) is 1.88. The van der Waals surface area contributed by atoms with Gasteiger partial charge >= 0.3 is 5.97 Å². The van der Waals surface area contributed by atoms with Gasteiger partial charge in [0.25, 0.3) is 0 Å². The Morgan fingerprint density at radius 2 is 2.15 bits per heavy atom. The summed E-state index contributed by atoms with van der Waals surface area (Å²) in [6.07, 6.45) is 2.57. The molecule has 1 N–H and O–H groups in total. The van der Waals surface area contributed by atoms with Crippen molar-refractivity contribution in [1.29, 1.82) is 0 Å². The molecule has 1 aliphatic carbocycles. The number of carboxylic acids is 1. The van der Waals surface area contributed by atoms with E-state index in [-0.39, 0.29) is 5.92 Å². The van der Waals surface area contributed by atoms with Gasteiger partial charge in [-0.05, 0) is 36.7 Å². The van der Waals surface area contributed by atoms with Gasteiger partial charge in [-0.1, -0.05) is 13.8 Å². The quantitative estimate of drug-likeness (QED) is 0.639. The van der Waals surface area contributed by atoms with Gasteiger partial charge in [-0.2, -0.15) is 4.39 Å². The Labute approximate surface area is 77.4 Å². The molecule has 1 rings (SSSR count). The molecule has 3 heteroatoms. The highest BCUT2D eigenvalue weighted by Gasteiger charge is 2.26. The Balaban J connectivity index is 2.90. The summed E-state index contributed by atoms with van der Waals surface area (Å²) in [4.78, 5) is 10.4. The zero-order valence-corrected chi connectivity index (χ0v) is 8.01. The molecule has 74 valence electrons. The monoisotopic (exact) mass is 186 g/mol. The number of rotatable bonds is 1. The Morgan fingerprint density at radius 3 is 2.69 bits per heavy atom. The predicted molar refractivity (Wildman–Crippen MR) is 47.9 cm³/mol. The lowest BCUT2D eigenvalue weighted by atomic mass is 9.77. The zero-order valence-electron chi connectivity index (χ0n) is 8.01. The van der Waals surface area contributed by atoms with Crippen molar-refractivity contribution in [3.63, 3.8) is 0 Å². The SMILES string of the molecule is CC1CCCC(=C(F)C(=O)O)C1C. The molecule has 13 heavy (non-hydrogen) atoms. The molecule has 1 saturated carbocycles. The summed E-state index contributed by atoms with van der Waals surface area (Å²) in [6.45, 7) is 3.95. The summed E-state index contributed by atoms with van der Waals surface area (Å²) in [5.74, 6) is -1.88. The second kappa shape index (κ2) is 3.90. The molecule has 0 aromatic rings. The van der Waals surface area contributed by atoms with Gasteiger partial charge in [-0.15, -0.1) is 0 Å². The summed E-state index contributed by atoms with van der Waals surface area (Å²) in [5.41, 5.74) is 0.492. The molecule has 2 atom stereocenters. The Hall–Kier alpha value is -0.860. The summed E-state index contributed by atoms with van der Waals surface area (Å²) >= 11 is 0. The minimum Gasteiger partial charge on any atom is -0.476 e. The van der Waals surface area contributed by atoms with Crippen LogP contribution in [0.25, 0.3) is 0 Å². The van der Waals surface area contributed by atoms with E-state index in [1.807, 2.05) is 13.8 Å². The van der Waals surface area contributed by atoms with E-state index < -0.39 is 11.8 Å². The molecule has 0 aromatic carbocycles. The van der Waals surface area contributed by atoms with Crippen LogP contribution in [0.5, 0.6) is 0 Å². The standard InChI is InChI=1S/C10H15FO2/c1-6-4-3-5-8(7(6)2)9(11)10(12)13/h6-7H,3-5H2,1-2H3,(H,12,13). The molecule has 0 amide bonds. The van der Waals surface area contributed by atoms with Crippen molar-refractivity contribution in [3.05, 3.63) is 11.4 Å². The molecule has 2 unspecified atom stereocenters. The normalized spacial score (nSPS) is 32.8. The van der Waals surface area contributed by atoms with Crippen LogP contribution in [0.1, 0.15) is 33.1 Å². The average molecular weight is 186 g/mol. The van der Waals surface area contributed by atoms with E-state index in [1.54, 1.807) is 0 Å². The number of aliphatic carboxylic acids is 1. The molecule has 0 saturated heterocycles. The van der Waals surface area contributed by atoms with Gasteiger partial charge in [0.05, 0.1) is 0 Å². The van der Waals surface area contributed by atoms with Crippen molar-refractivity contribution in [2.75, 3.05) is 0 Å². The third-order valence-corrected chi connectivity index (χ3v) is 2.98. The Kier molecular flexibility index (Phi) is 3.07. The van der Waals surface area contributed by atoms with Crippen LogP contribution in [0.2, 0.25) is 0 Å². The molecule has 1 aliphatic rings. The van der Waals surface area contributed by atoms with Crippen molar-refractivity contribution < 1.29 is 14.3 Å². The smallest absolute Gasteiger partial charge is 0.364 e. The molecular weight excluding hydrogens is 171 g/mol. The van der Waals surface area contributed by atoms with Gasteiger partial charge in [-0.25, -0.2) is 4.79 Å². The highest BCUT2D eigenvalue weighted by molar-refractivity contribution is 5.85. The number of carbonyl (C=O) groups is 1. The second-order valence-corrected chi connectivity index (χ2v) is 3.80. The molecular formula is C10H15FO2. The van der Waals surface area contributed by atoms with Crippen LogP contribution in [-0.4, -0.2) is 11.1 Å². The Bertz CT molecular complexity index is 245. The van der Waals surface area contributed by atoms with E-state index in [4.69, 9.17) is 5.11 Å². The van der Waals surface area contributed by atoms with Crippen molar-refractivity contribution in [2.45, 2.75) is 33.1 Å². The average Bonchev–Trinajstić information content (AvgIpc) is 2.08. The predicted octanol–water partition coefficient (Wildman–Crippen LogP) is 2.75. The molecule has 2 nitrogen and oxygen atoms in total. The summed E-state index contributed by atoms with van der Waals surface area (Å²) in [6, 6.07) is 0. The first-order valence-electron chi connectivity index (χ1n) is 4.66. The molecule has 0 heterocycles. The van der Waals surface area contributed by atoms with Gasteiger partial charge in [0.15, 0.2) is 0 Å². The van der Waals surface area contributed by atoms with Gasteiger partial charge in [0, 0.05) is 0 Å². The number of hydrogen-bond acceptors (Lipinski definition) is 1. The molecule has 0 aromatic heterocycles. The lowest BCUT2D eigenvalue weighted by Crippen LogP contribution is -2.19. The molecule has 0 bridgehead atoms. The number of hydrogen-bond donors (Lipinski definition) is 1. The maximum atomic E-state index is 13.1. The van der Waals surface area contributed by atoms with Gasteiger partial charge < -0.3 is 5.11 Å². The van der Waals surface area contributed by atoms with Crippen LogP contribution >= 0.6 is 0 Å². The first-order chi connectivity index (χ1) is 6.04. The number of halogens is 1. The zero-order chi connectivity index (χ0) is 10.0. The van der Waals surface area contributed by atoms with Crippen LogP contribution in [0.4, 0.5) is 4.39 Å². The second-order valence-electron chi connectivity index (χ2n) is 3.80. The fourth-order valence-electron chi connectivity index (χ4n) is 1.88. The van der Waals surface area contributed by atoms with Crippen LogP contribution in [0.3, 0.4) is 0 Å². The summed E-state index contributed by atoms with van der Waals surface area (Å²) in [7, 11) is 0. The van der Waals surface area contributed by atoms with E-state index in [9.17, 15) is 9.18 Å². The third-order valence-electron chi connectivity index (χ3n) is 2.98. The first-order valence-corrected chi connectivity index (χ1v) is 4.66. The van der Waals surface area contributed by atoms with E-state index in [1.165, 1.54) is 0 Å². The topological polar surface area (TPSA) is 37.3 Å². The van der Waals surface area contributed by atoms with Gasteiger partial charge in [0.2, 0.25) is 5.83 Å². The third kappa shape index (κ3) is 2.08. The van der Waals surface area contributed by atoms with Gasteiger partial charge in [-0.3, -0.25) is 0 Å². The van der Waals surface area contributed by atoms with Crippen LogP contribution in [0.15, 0.2) is 11.4 Å². The summed E-state index contributed by atoms with van der Waals surface area (Å²) in [5, 5.41) is 8.51. The van der Waals surface area contributed by atoms with Crippen LogP contribution in [-0.2, 0) is 4.79 Å². The van der Waals surface area contributed by atoms with E-state index in [2.05, 4.69) is 0 Å². The van der Waals surface area contributed by atoms with Crippen molar-refractivity contribution in [2.24, 2.45) is 11.8 Å². The maximum Gasteiger partial charge on any atom is 0.364 e. The van der Waals surface area contributed by atoms with Gasteiger partial charge in [0.1, 0.15) is 0 Å². The largest absolute Gasteiger partial charge is 0.476 e. The van der Waals surface area contributed by atoms with Crippen molar-refractivity contribution in [1.82, 2.24) is 0 Å². The molecule has 0 aliphatic heterocycles. The van der Waals surface area contributed by atoms with Crippen molar-refractivity contribution in [3.8, 4) is 0 Å². The van der Waals surface area contributed by atoms with Crippen molar-refractivity contribution >= 4 is 5.97 Å². The lowest BCUT2D eigenvalue weighted by Gasteiger charge is -2.28. The van der Waals surface area contributed by atoms with E-state index >= 15 is 0 Å². The fraction of sp³-hybridized carbons (Fsp3) is 0.700. The van der Waals surface area contributed by atoms with E-state index in [0.717, 1.165) is 12.8 Å². The molecule has 1 fully saturated rings. The minimum absolute atomic E-state index is 0.0739. The minimum atomic E-state index is -1.42. The maximum absolute atomic E-state index is 13.1. The number of allylic oxidation sites excluding steroid dienone is 1. The highest BCUT2D eigenvalue weighted by atomic mass is 19.1. The van der Waals surface area contributed by atoms with E-state index in [0.29, 0.717) is 17.9 Å². The van der Waals surface area contributed by atoms with Crippen LogP contribution < -0.4 is 0 Å². The highest BCUT2D eigenvalue weighted by Crippen LogP contribution is 2.35. The summed E-state index contributed by atoms with van der Waals surface area (Å²) < 4.78 is 13.1. The molecule has 0 spiro atoms. The lowest BCUT2D eigenvalue weighted by molar-refractivity contribution is -0.134. The molecule has 0 radical (unpaired) electrons.